The molecule has 0 amide bonds. The Balaban J connectivity index is 1.92. The van der Waals surface area contributed by atoms with Gasteiger partial charge in [-0.2, -0.15) is 0 Å². The maximum atomic E-state index is 13.0. The van der Waals surface area contributed by atoms with Gasteiger partial charge in [-0.15, -0.1) is 0 Å². The Bertz CT molecular complexity index is 355. The zero-order valence-electron chi connectivity index (χ0n) is 9.62. The van der Waals surface area contributed by atoms with Crippen molar-refractivity contribution < 1.29 is 9.50 Å². The Kier molecular flexibility index (Phi) is 3.26. The predicted octanol–water partition coefficient (Wildman–Crippen LogP) is 2.17. The van der Waals surface area contributed by atoms with Gasteiger partial charge in [0.2, 0.25) is 0 Å². The summed E-state index contributed by atoms with van der Waals surface area (Å²) >= 11 is 0. The fraction of sp³-hybridized carbons (Fsp3) is 0.538. The smallest absolute Gasteiger partial charge is 0.123 e. The molecule has 16 heavy (non-hydrogen) atoms. The van der Waals surface area contributed by atoms with E-state index in [9.17, 15) is 9.50 Å². The van der Waals surface area contributed by atoms with E-state index in [4.69, 9.17) is 0 Å². The van der Waals surface area contributed by atoms with E-state index >= 15 is 0 Å². The number of halogens is 1. The summed E-state index contributed by atoms with van der Waals surface area (Å²) in [6, 6.07) is 6.72. The van der Waals surface area contributed by atoms with E-state index in [1.54, 1.807) is 12.1 Å². The second-order valence-corrected chi connectivity index (χ2v) is 4.90. The molecule has 1 aromatic carbocycles. The first-order chi connectivity index (χ1) is 7.55. The van der Waals surface area contributed by atoms with Gasteiger partial charge < -0.3 is 5.11 Å². The van der Waals surface area contributed by atoms with Crippen molar-refractivity contribution in [3.05, 3.63) is 35.6 Å². The van der Waals surface area contributed by atoms with Gasteiger partial charge >= 0.3 is 0 Å². The van der Waals surface area contributed by atoms with Gasteiger partial charge in [0.15, 0.2) is 0 Å². The van der Waals surface area contributed by atoms with Crippen LogP contribution in [0.1, 0.15) is 25.3 Å². The maximum Gasteiger partial charge on any atom is 0.123 e. The molecule has 0 aromatic heterocycles. The second kappa shape index (κ2) is 4.52. The van der Waals surface area contributed by atoms with Crippen LogP contribution in [-0.2, 0) is 6.54 Å². The summed E-state index contributed by atoms with van der Waals surface area (Å²) in [7, 11) is 0. The van der Waals surface area contributed by atoms with E-state index < -0.39 is 5.60 Å². The van der Waals surface area contributed by atoms with E-state index in [0.717, 1.165) is 38.0 Å². The molecule has 3 heteroatoms. The molecule has 0 aliphatic carbocycles. The topological polar surface area (TPSA) is 23.5 Å². The van der Waals surface area contributed by atoms with Gasteiger partial charge in [-0.25, -0.2) is 4.39 Å². The molecule has 0 unspecified atom stereocenters. The van der Waals surface area contributed by atoms with Crippen molar-refractivity contribution in [3.63, 3.8) is 0 Å². The number of benzene rings is 1. The first kappa shape index (κ1) is 11.6. The SMILES string of the molecule is CC1(O)CCN(Cc2cccc(F)c2)CC1. The molecular weight excluding hydrogens is 205 g/mol. The molecule has 0 bridgehead atoms. The highest BCUT2D eigenvalue weighted by Crippen LogP contribution is 2.22. The molecule has 2 nitrogen and oxygen atoms in total. The van der Waals surface area contributed by atoms with E-state index in [1.807, 2.05) is 13.0 Å². The van der Waals surface area contributed by atoms with Crippen LogP contribution in [0.2, 0.25) is 0 Å². The van der Waals surface area contributed by atoms with Crippen LogP contribution in [0.25, 0.3) is 0 Å². The zero-order valence-corrected chi connectivity index (χ0v) is 9.62. The van der Waals surface area contributed by atoms with Gasteiger partial charge in [0, 0.05) is 19.6 Å². The Morgan fingerprint density at radius 1 is 1.38 bits per heavy atom. The van der Waals surface area contributed by atoms with Crippen molar-refractivity contribution in [1.82, 2.24) is 4.90 Å². The zero-order chi connectivity index (χ0) is 11.6. The van der Waals surface area contributed by atoms with Crippen LogP contribution in [-0.4, -0.2) is 28.7 Å². The molecule has 1 heterocycles. The quantitative estimate of drug-likeness (QED) is 0.830. The molecule has 1 aromatic rings. The van der Waals surface area contributed by atoms with Gasteiger partial charge in [-0.05, 0) is 37.5 Å². The number of likely N-dealkylation sites (tertiary alicyclic amines) is 1. The number of nitrogens with zero attached hydrogens (tertiary/aromatic N) is 1. The minimum atomic E-state index is -0.515. The van der Waals surface area contributed by atoms with Gasteiger partial charge in [0.05, 0.1) is 5.60 Å². The summed E-state index contributed by atoms with van der Waals surface area (Å²) in [5, 5.41) is 9.82. The van der Waals surface area contributed by atoms with Crippen LogP contribution in [0.5, 0.6) is 0 Å². The largest absolute Gasteiger partial charge is 0.390 e. The first-order valence-corrected chi connectivity index (χ1v) is 5.74. The minimum absolute atomic E-state index is 0.179. The van der Waals surface area contributed by atoms with Crippen LogP contribution in [0.4, 0.5) is 4.39 Å². The standard InChI is InChI=1S/C13H18FNO/c1-13(16)5-7-15(8-6-13)10-11-3-2-4-12(14)9-11/h2-4,9,16H,5-8,10H2,1H3. The van der Waals surface area contributed by atoms with Crippen LogP contribution >= 0.6 is 0 Å². The van der Waals surface area contributed by atoms with Crippen LogP contribution in [0, 0.1) is 5.82 Å². The summed E-state index contributed by atoms with van der Waals surface area (Å²) in [5.41, 5.74) is 0.486. The third-order valence-corrected chi connectivity index (χ3v) is 3.23. The fourth-order valence-electron chi connectivity index (χ4n) is 2.09. The predicted molar refractivity (Wildman–Crippen MR) is 61.5 cm³/mol. The normalized spacial score (nSPS) is 20.9. The van der Waals surface area contributed by atoms with E-state index in [0.29, 0.717) is 0 Å². The third-order valence-electron chi connectivity index (χ3n) is 3.23. The molecule has 1 fully saturated rings. The summed E-state index contributed by atoms with van der Waals surface area (Å²) in [5.74, 6) is -0.179. The molecule has 0 spiro atoms. The van der Waals surface area contributed by atoms with Crippen LogP contribution in [0.3, 0.4) is 0 Å². The lowest BCUT2D eigenvalue weighted by Gasteiger charge is -2.35. The van der Waals surface area contributed by atoms with E-state index in [1.165, 1.54) is 6.07 Å². The number of hydrogen-bond donors (Lipinski definition) is 1. The monoisotopic (exact) mass is 223 g/mol. The van der Waals surface area contributed by atoms with E-state index in [-0.39, 0.29) is 5.82 Å². The lowest BCUT2D eigenvalue weighted by atomic mass is 9.93. The van der Waals surface area contributed by atoms with Crippen molar-refractivity contribution in [3.8, 4) is 0 Å². The average Bonchev–Trinajstić information content (AvgIpc) is 2.21. The number of rotatable bonds is 2. The fourth-order valence-corrected chi connectivity index (χ4v) is 2.09. The summed E-state index contributed by atoms with van der Waals surface area (Å²) < 4.78 is 13.0. The molecule has 1 N–H and O–H groups in total. The molecule has 1 aliphatic rings. The average molecular weight is 223 g/mol. The number of aliphatic hydroxyl groups is 1. The Morgan fingerprint density at radius 3 is 2.69 bits per heavy atom. The summed E-state index contributed by atoms with van der Waals surface area (Å²) in [6.07, 6.45) is 1.59. The second-order valence-electron chi connectivity index (χ2n) is 4.90. The van der Waals surface area contributed by atoms with Gasteiger partial charge in [-0.3, -0.25) is 4.90 Å². The summed E-state index contributed by atoms with van der Waals surface area (Å²) in [4.78, 5) is 2.26. The lowest BCUT2D eigenvalue weighted by Crippen LogP contribution is -2.41. The highest BCUT2D eigenvalue weighted by Gasteiger charge is 2.26. The maximum absolute atomic E-state index is 13.0. The van der Waals surface area contributed by atoms with Crippen molar-refractivity contribution in [1.29, 1.82) is 0 Å². The number of piperidine rings is 1. The summed E-state index contributed by atoms with van der Waals surface area (Å²) in [6.45, 7) is 4.41. The Morgan fingerprint density at radius 2 is 2.06 bits per heavy atom. The van der Waals surface area contributed by atoms with Crippen molar-refractivity contribution in [2.75, 3.05) is 13.1 Å². The van der Waals surface area contributed by atoms with Gasteiger partial charge in [-0.1, -0.05) is 12.1 Å². The highest BCUT2D eigenvalue weighted by atomic mass is 19.1. The molecule has 0 atom stereocenters. The molecule has 2 rings (SSSR count). The molecule has 88 valence electrons. The van der Waals surface area contributed by atoms with E-state index in [2.05, 4.69) is 4.90 Å². The molecule has 1 aliphatic heterocycles. The first-order valence-electron chi connectivity index (χ1n) is 5.74. The third kappa shape index (κ3) is 3.03. The molecule has 0 saturated carbocycles. The van der Waals surface area contributed by atoms with Crippen molar-refractivity contribution in [2.24, 2.45) is 0 Å². The molecule has 1 saturated heterocycles. The minimum Gasteiger partial charge on any atom is -0.390 e. The highest BCUT2D eigenvalue weighted by molar-refractivity contribution is 5.16. The van der Waals surface area contributed by atoms with Crippen LogP contribution in [0.15, 0.2) is 24.3 Å². The van der Waals surface area contributed by atoms with Crippen molar-refractivity contribution in [2.45, 2.75) is 31.9 Å². The number of hydrogen-bond acceptors (Lipinski definition) is 2. The molecular formula is C13H18FNO. The Labute approximate surface area is 95.7 Å². The Hall–Kier alpha value is -0.930. The van der Waals surface area contributed by atoms with Crippen molar-refractivity contribution >= 4 is 0 Å². The van der Waals surface area contributed by atoms with Gasteiger partial charge in [0.25, 0.3) is 0 Å². The van der Waals surface area contributed by atoms with Crippen LogP contribution < -0.4 is 0 Å². The van der Waals surface area contributed by atoms with Gasteiger partial charge in [0.1, 0.15) is 5.82 Å². The molecule has 0 radical (unpaired) electrons. The lowest BCUT2D eigenvalue weighted by molar-refractivity contribution is -0.00731.